The Hall–Kier alpha value is -0.800. The van der Waals surface area contributed by atoms with Crippen LogP contribution in [0.3, 0.4) is 0 Å². The third-order valence-corrected chi connectivity index (χ3v) is 3.14. The normalized spacial score (nSPS) is 29.9. The Morgan fingerprint density at radius 3 is 2.35 bits per heavy atom. The van der Waals surface area contributed by atoms with E-state index in [1.165, 1.54) is 0 Å². The van der Waals surface area contributed by atoms with Gasteiger partial charge in [0.2, 0.25) is 0 Å². The zero-order chi connectivity index (χ0) is 12.9. The highest BCUT2D eigenvalue weighted by Gasteiger charge is 2.46. The fourth-order valence-corrected chi connectivity index (χ4v) is 2.03. The molecule has 1 rings (SSSR count). The van der Waals surface area contributed by atoms with E-state index in [1.54, 1.807) is 0 Å². The smallest absolute Gasteiger partial charge is 0.391 e. The zero-order valence-electron chi connectivity index (χ0n) is 9.46. The molecule has 1 aliphatic carbocycles. The van der Waals surface area contributed by atoms with Crippen LogP contribution in [0.4, 0.5) is 13.2 Å². The quantitative estimate of drug-likeness (QED) is 0.780. The third-order valence-electron chi connectivity index (χ3n) is 3.14. The van der Waals surface area contributed by atoms with Crippen molar-refractivity contribution >= 4 is 0 Å². The largest absolute Gasteiger partial charge is 0.396 e. The van der Waals surface area contributed by atoms with Crippen molar-refractivity contribution in [1.29, 1.82) is 5.26 Å². The van der Waals surface area contributed by atoms with Gasteiger partial charge >= 0.3 is 6.18 Å². The van der Waals surface area contributed by atoms with Crippen molar-refractivity contribution in [3.05, 3.63) is 0 Å². The van der Waals surface area contributed by atoms with Crippen LogP contribution in [-0.4, -0.2) is 30.1 Å². The van der Waals surface area contributed by atoms with Crippen LogP contribution in [0.2, 0.25) is 0 Å². The Bertz CT molecular complexity index is 277. The van der Waals surface area contributed by atoms with E-state index in [2.05, 4.69) is 0 Å². The molecule has 1 aliphatic rings. The summed E-state index contributed by atoms with van der Waals surface area (Å²) in [5.74, 6) is -1.31. The number of halogens is 3. The van der Waals surface area contributed by atoms with Gasteiger partial charge in [0, 0.05) is 6.61 Å². The molecule has 0 aromatic rings. The number of ether oxygens (including phenoxy) is 1. The lowest BCUT2D eigenvalue weighted by atomic mass is 9.79. The molecule has 0 aliphatic heterocycles. The maximum Gasteiger partial charge on any atom is 0.391 e. The van der Waals surface area contributed by atoms with Gasteiger partial charge in [-0.2, -0.15) is 18.4 Å². The molecule has 0 aromatic carbocycles. The van der Waals surface area contributed by atoms with Gasteiger partial charge in [-0.1, -0.05) is 0 Å². The van der Waals surface area contributed by atoms with Gasteiger partial charge < -0.3 is 9.84 Å². The van der Waals surface area contributed by atoms with Crippen molar-refractivity contribution in [2.24, 2.45) is 5.92 Å². The Labute approximate surface area is 98.2 Å². The molecule has 0 atom stereocenters. The minimum Gasteiger partial charge on any atom is -0.396 e. The van der Waals surface area contributed by atoms with Gasteiger partial charge in [-0.05, 0) is 32.1 Å². The maximum absolute atomic E-state index is 12.4. The van der Waals surface area contributed by atoms with Crippen LogP contribution in [0.15, 0.2) is 0 Å². The molecule has 0 aromatic heterocycles. The first-order valence-electron chi connectivity index (χ1n) is 5.66. The molecule has 1 N–H and O–H groups in total. The SMILES string of the molecule is N#CC1(OCCCO)CCC(C(F)(F)F)CC1. The number of aliphatic hydroxyl groups excluding tert-OH is 1. The number of hydrogen-bond acceptors (Lipinski definition) is 3. The minimum absolute atomic E-state index is 0.0489. The number of alkyl halides is 3. The molecule has 0 radical (unpaired) electrons. The van der Waals surface area contributed by atoms with Crippen molar-refractivity contribution in [2.75, 3.05) is 13.2 Å². The van der Waals surface area contributed by atoms with Crippen molar-refractivity contribution in [1.82, 2.24) is 0 Å². The monoisotopic (exact) mass is 251 g/mol. The molecule has 0 unspecified atom stereocenters. The van der Waals surface area contributed by atoms with Crippen LogP contribution < -0.4 is 0 Å². The van der Waals surface area contributed by atoms with E-state index < -0.39 is 17.7 Å². The molecule has 0 heterocycles. The second-order valence-electron chi connectivity index (χ2n) is 4.35. The number of rotatable bonds is 4. The highest BCUT2D eigenvalue weighted by molar-refractivity contribution is 5.05. The summed E-state index contributed by atoms with van der Waals surface area (Å²) in [4.78, 5) is 0. The van der Waals surface area contributed by atoms with E-state index in [0.29, 0.717) is 6.42 Å². The van der Waals surface area contributed by atoms with Crippen molar-refractivity contribution in [3.8, 4) is 6.07 Å². The summed E-state index contributed by atoms with van der Waals surface area (Å²) < 4.78 is 42.7. The lowest BCUT2D eigenvalue weighted by Gasteiger charge is -2.35. The van der Waals surface area contributed by atoms with Gasteiger partial charge in [-0.25, -0.2) is 0 Å². The van der Waals surface area contributed by atoms with Crippen LogP contribution in [0.5, 0.6) is 0 Å². The Balaban J connectivity index is 2.49. The molecule has 0 spiro atoms. The summed E-state index contributed by atoms with van der Waals surface area (Å²) in [7, 11) is 0. The summed E-state index contributed by atoms with van der Waals surface area (Å²) >= 11 is 0. The fraction of sp³-hybridized carbons (Fsp3) is 0.909. The average molecular weight is 251 g/mol. The van der Waals surface area contributed by atoms with Gasteiger partial charge in [0.25, 0.3) is 0 Å². The summed E-state index contributed by atoms with van der Waals surface area (Å²) in [6, 6.07) is 1.98. The molecule has 98 valence electrons. The third kappa shape index (κ3) is 3.86. The molecule has 0 amide bonds. The highest BCUT2D eigenvalue weighted by Crippen LogP contribution is 2.42. The van der Waals surface area contributed by atoms with Crippen molar-refractivity contribution in [3.63, 3.8) is 0 Å². The van der Waals surface area contributed by atoms with Gasteiger partial charge in [-0.3, -0.25) is 0 Å². The van der Waals surface area contributed by atoms with Gasteiger partial charge in [0.1, 0.15) is 0 Å². The van der Waals surface area contributed by atoms with E-state index in [4.69, 9.17) is 15.1 Å². The molecular weight excluding hydrogens is 235 g/mol. The summed E-state index contributed by atoms with van der Waals surface area (Å²) in [5.41, 5.74) is -1.09. The second kappa shape index (κ2) is 5.69. The number of nitriles is 1. The Kier molecular flexibility index (Phi) is 4.78. The predicted octanol–water partition coefficient (Wildman–Crippen LogP) is 2.40. The van der Waals surface area contributed by atoms with E-state index in [9.17, 15) is 13.2 Å². The highest BCUT2D eigenvalue weighted by atomic mass is 19.4. The van der Waals surface area contributed by atoms with Crippen LogP contribution in [-0.2, 0) is 4.74 Å². The van der Waals surface area contributed by atoms with Crippen molar-refractivity contribution < 1.29 is 23.0 Å². The standard InChI is InChI=1S/C11H16F3NO2/c12-11(13,14)9-2-4-10(8-15,5-3-9)17-7-1-6-16/h9,16H,1-7H2. The van der Waals surface area contributed by atoms with Gasteiger partial charge in [0.05, 0.1) is 18.6 Å². The van der Waals surface area contributed by atoms with Crippen LogP contribution >= 0.6 is 0 Å². The molecule has 1 fully saturated rings. The molecule has 3 nitrogen and oxygen atoms in total. The fourth-order valence-electron chi connectivity index (χ4n) is 2.03. The van der Waals surface area contributed by atoms with E-state index >= 15 is 0 Å². The maximum atomic E-state index is 12.4. The molecule has 0 saturated heterocycles. The lowest BCUT2D eigenvalue weighted by molar-refractivity contribution is -0.192. The molecule has 1 saturated carbocycles. The second-order valence-corrected chi connectivity index (χ2v) is 4.35. The first-order chi connectivity index (χ1) is 7.93. The van der Waals surface area contributed by atoms with Crippen LogP contribution in [0.1, 0.15) is 32.1 Å². The Morgan fingerprint density at radius 1 is 1.35 bits per heavy atom. The molecule has 6 heteroatoms. The molecular formula is C11H16F3NO2. The summed E-state index contributed by atoms with van der Waals surface area (Å²) in [6.07, 6.45) is -3.68. The first-order valence-corrected chi connectivity index (χ1v) is 5.66. The first kappa shape index (κ1) is 14.3. The number of nitrogens with zero attached hydrogens (tertiary/aromatic N) is 1. The molecule has 17 heavy (non-hydrogen) atoms. The summed E-state index contributed by atoms with van der Waals surface area (Å²) in [5, 5.41) is 17.6. The van der Waals surface area contributed by atoms with E-state index in [-0.39, 0.29) is 38.9 Å². The average Bonchev–Trinajstić information content (AvgIpc) is 2.29. The van der Waals surface area contributed by atoms with Gasteiger partial charge in [0.15, 0.2) is 5.60 Å². The van der Waals surface area contributed by atoms with Crippen LogP contribution in [0, 0.1) is 17.2 Å². The predicted molar refractivity (Wildman–Crippen MR) is 54.0 cm³/mol. The topological polar surface area (TPSA) is 53.2 Å². The Morgan fingerprint density at radius 2 is 1.94 bits per heavy atom. The lowest BCUT2D eigenvalue weighted by Crippen LogP contribution is -2.39. The number of aliphatic hydroxyl groups is 1. The number of hydrogen-bond donors (Lipinski definition) is 1. The van der Waals surface area contributed by atoms with Gasteiger partial charge in [-0.15, -0.1) is 0 Å². The van der Waals surface area contributed by atoms with Crippen LogP contribution in [0.25, 0.3) is 0 Å². The molecule has 0 bridgehead atoms. The van der Waals surface area contributed by atoms with E-state index in [1.807, 2.05) is 6.07 Å². The zero-order valence-corrected chi connectivity index (χ0v) is 9.46. The van der Waals surface area contributed by atoms with E-state index in [0.717, 1.165) is 0 Å². The minimum atomic E-state index is -4.17. The summed E-state index contributed by atoms with van der Waals surface area (Å²) in [6.45, 7) is 0.160. The van der Waals surface area contributed by atoms with Crippen molar-refractivity contribution in [2.45, 2.75) is 43.9 Å².